The molecule has 0 aromatic carbocycles. The van der Waals surface area contributed by atoms with Crippen molar-refractivity contribution in [1.29, 1.82) is 0 Å². The van der Waals surface area contributed by atoms with E-state index in [1.807, 2.05) is 18.2 Å². The first-order valence-electron chi connectivity index (χ1n) is 3.37. The van der Waals surface area contributed by atoms with Gasteiger partial charge in [-0.1, -0.05) is 43.0 Å². The van der Waals surface area contributed by atoms with Crippen LogP contribution in [0.1, 0.15) is 12.8 Å². The molecule has 0 nitrogen and oxygen atoms in total. The number of rotatable bonds is 5. The monoisotopic (exact) mass is 133 g/mol. The summed E-state index contributed by atoms with van der Waals surface area (Å²) in [5.41, 5.74) is 0. The molecule has 0 aliphatic rings. The van der Waals surface area contributed by atoms with Crippen LogP contribution in [0.25, 0.3) is 0 Å². The maximum absolute atomic E-state index is 5.12. The van der Waals surface area contributed by atoms with Gasteiger partial charge >= 0.3 is 0 Å². The predicted octanol–water partition coefficient (Wildman–Crippen LogP) is 3.05. The number of allylic oxidation sites excluding steroid dienone is 6. The fraction of sp³-hybridized carbons (Fsp3) is 0.200. The molecule has 0 amide bonds. The molecule has 0 aromatic heterocycles. The molecule has 0 rings (SSSR count). The van der Waals surface area contributed by atoms with Crippen molar-refractivity contribution in [2.75, 3.05) is 0 Å². The molecule has 0 aromatic rings. The molecule has 0 fully saturated rings. The highest BCUT2D eigenvalue weighted by atomic mass is 13.7. The molecule has 0 N–H and O–H groups in total. The van der Waals surface area contributed by atoms with Gasteiger partial charge in [-0.2, -0.15) is 0 Å². The minimum Gasteiger partial charge on any atom is -0.103 e. The standard InChI is InChI=1S/C10H13/c1-3-5-7-9-10-8-6-4-2/h1,3-5,7-8,10H,2,6,9H2. The van der Waals surface area contributed by atoms with E-state index in [0.29, 0.717) is 0 Å². The molecule has 0 atom stereocenters. The predicted molar refractivity (Wildman–Crippen MR) is 46.6 cm³/mol. The lowest BCUT2D eigenvalue weighted by Gasteiger charge is -1.79. The second kappa shape index (κ2) is 7.96. The van der Waals surface area contributed by atoms with Gasteiger partial charge in [0.2, 0.25) is 0 Å². The minimum atomic E-state index is 0.945. The molecule has 0 spiro atoms. The van der Waals surface area contributed by atoms with Crippen molar-refractivity contribution in [3.8, 4) is 0 Å². The smallest absolute Gasteiger partial charge is 0.0166 e. The summed E-state index contributed by atoms with van der Waals surface area (Å²) in [5.74, 6) is 0. The summed E-state index contributed by atoms with van der Waals surface area (Å²) < 4.78 is 0. The third-order valence-corrected chi connectivity index (χ3v) is 0.989. The van der Waals surface area contributed by atoms with Gasteiger partial charge in [0.15, 0.2) is 0 Å². The summed E-state index contributed by atoms with van der Waals surface area (Å²) in [6, 6.07) is 0. The fourth-order valence-corrected chi connectivity index (χ4v) is 0.524. The first kappa shape index (κ1) is 8.96. The molecular weight excluding hydrogens is 120 g/mol. The molecule has 0 aliphatic heterocycles. The summed E-state index contributed by atoms with van der Waals surface area (Å²) in [6.45, 7) is 8.72. The van der Waals surface area contributed by atoms with Crippen molar-refractivity contribution in [3.63, 3.8) is 0 Å². The maximum atomic E-state index is 5.12. The Labute approximate surface area is 63.3 Å². The topological polar surface area (TPSA) is 0 Å². The highest BCUT2D eigenvalue weighted by Crippen LogP contribution is 1.89. The Morgan fingerprint density at radius 2 is 1.80 bits per heavy atom. The van der Waals surface area contributed by atoms with E-state index in [2.05, 4.69) is 18.7 Å². The Morgan fingerprint density at radius 1 is 1.10 bits per heavy atom. The van der Waals surface area contributed by atoms with Crippen LogP contribution in [0, 0.1) is 6.58 Å². The molecule has 0 heteroatoms. The maximum Gasteiger partial charge on any atom is -0.0166 e. The zero-order chi connectivity index (χ0) is 7.66. The molecule has 0 saturated carbocycles. The SMILES string of the molecule is [CH]=CC=CCC=CCC=C. The molecule has 10 heavy (non-hydrogen) atoms. The van der Waals surface area contributed by atoms with Crippen molar-refractivity contribution in [2.24, 2.45) is 0 Å². The summed E-state index contributed by atoms with van der Waals surface area (Å²) in [7, 11) is 0. The van der Waals surface area contributed by atoms with Crippen LogP contribution in [0.5, 0.6) is 0 Å². The first-order valence-corrected chi connectivity index (χ1v) is 3.37. The second-order valence-corrected chi connectivity index (χ2v) is 1.85. The normalized spacial score (nSPS) is 10.8. The summed E-state index contributed by atoms with van der Waals surface area (Å²) in [4.78, 5) is 0. The van der Waals surface area contributed by atoms with E-state index in [4.69, 9.17) is 6.58 Å². The van der Waals surface area contributed by atoms with Crippen LogP contribution in [0.3, 0.4) is 0 Å². The van der Waals surface area contributed by atoms with Crippen molar-refractivity contribution in [1.82, 2.24) is 0 Å². The quantitative estimate of drug-likeness (QED) is 0.399. The number of hydrogen-bond donors (Lipinski definition) is 0. The van der Waals surface area contributed by atoms with E-state index in [1.165, 1.54) is 6.08 Å². The van der Waals surface area contributed by atoms with Gasteiger partial charge in [0, 0.05) is 0 Å². The Kier molecular flexibility index (Phi) is 7.13. The van der Waals surface area contributed by atoms with Gasteiger partial charge in [-0.3, -0.25) is 0 Å². The van der Waals surface area contributed by atoms with Gasteiger partial charge in [0.25, 0.3) is 0 Å². The van der Waals surface area contributed by atoms with Gasteiger partial charge in [-0.15, -0.1) is 6.58 Å². The molecule has 53 valence electrons. The third-order valence-electron chi connectivity index (χ3n) is 0.989. The van der Waals surface area contributed by atoms with Crippen molar-refractivity contribution < 1.29 is 0 Å². The van der Waals surface area contributed by atoms with Gasteiger partial charge < -0.3 is 0 Å². The lowest BCUT2D eigenvalue weighted by Crippen LogP contribution is -1.58. The fourth-order valence-electron chi connectivity index (χ4n) is 0.524. The van der Waals surface area contributed by atoms with Gasteiger partial charge in [-0.25, -0.2) is 0 Å². The van der Waals surface area contributed by atoms with Crippen LogP contribution in [0.15, 0.2) is 43.0 Å². The van der Waals surface area contributed by atoms with E-state index in [9.17, 15) is 0 Å². The van der Waals surface area contributed by atoms with Crippen molar-refractivity contribution in [3.05, 3.63) is 49.6 Å². The van der Waals surface area contributed by atoms with Crippen LogP contribution in [-0.2, 0) is 0 Å². The molecule has 0 aliphatic carbocycles. The third kappa shape index (κ3) is 6.96. The molecular formula is C10H13. The molecule has 0 saturated heterocycles. The highest BCUT2D eigenvalue weighted by Gasteiger charge is 1.68. The summed E-state index contributed by atoms with van der Waals surface area (Å²) in [6.07, 6.45) is 13.3. The molecule has 1 radical (unpaired) electrons. The van der Waals surface area contributed by atoms with E-state index >= 15 is 0 Å². The number of hydrogen-bond acceptors (Lipinski definition) is 0. The minimum absolute atomic E-state index is 0.945. The first-order chi connectivity index (χ1) is 4.91. The van der Waals surface area contributed by atoms with Crippen LogP contribution < -0.4 is 0 Å². The molecule has 0 unspecified atom stereocenters. The van der Waals surface area contributed by atoms with E-state index in [1.54, 1.807) is 0 Å². The molecule has 0 heterocycles. The zero-order valence-corrected chi connectivity index (χ0v) is 6.16. The van der Waals surface area contributed by atoms with Crippen LogP contribution in [0.2, 0.25) is 0 Å². The van der Waals surface area contributed by atoms with Crippen molar-refractivity contribution >= 4 is 0 Å². The average molecular weight is 133 g/mol. The summed E-state index contributed by atoms with van der Waals surface area (Å²) in [5, 5.41) is 0. The van der Waals surface area contributed by atoms with Gasteiger partial charge in [0.05, 0.1) is 0 Å². The van der Waals surface area contributed by atoms with Crippen LogP contribution in [-0.4, -0.2) is 0 Å². The zero-order valence-electron chi connectivity index (χ0n) is 6.16. The summed E-state index contributed by atoms with van der Waals surface area (Å²) >= 11 is 0. The van der Waals surface area contributed by atoms with Gasteiger partial charge in [-0.05, 0) is 12.8 Å². The Bertz CT molecular complexity index is 138. The van der Waals surface area contributed by atoms with E-state index < -0.39 is 0 Å². The highest BCUT2D eigenvalue weighted by molar-refractivity contribution is 5.00. The van der Waals surface area contributed by atoms with Crippen LogP contribution >= 0.6 is 0 Å². The van der Waals surface area contributed by atoms with Crippen LogP contribution in [0.4, 0.5) is 0 Å². The van der Waals surface area contributed by atoms with Gasteiger partial charge in [0.1, 0.15) is 0 Å². The molecule has 0 bridgehead atoms. The van der Waals surface area contributed by atoms with Crippen molar-refractivity contribution in [2.45, 2.75) is 12.8 Å². The largest absolute Gasteiger partial charge is 0.103 e. The second-order valence-electron chi connectivity index (χ2n) is 1.85. The Morgan fingerprint density at radius 3 is 2.40 bits per heavy atom. The average Bonchev–Trinajstić information content (AvgIpc) is 1.97. The Hall–Kier alpha value is -1.04. The van der Waals surface area contributed by atoms with E-state index in [-0.39, 0.29) is 0 Å². The lowest BCUT2D eigenvalue weighted by atomic mass is 10.3. The van der Waals surface area contributed by atoms with E-state index in [0.717, 1.165) is 12.8 Å². The Balaban J connectivity index is 3.25. The lowest BCUT2D eigenvalue weighted by molar-refractivity contribution is 1.32.